The quantitative estimate of drug-likeness (QED) is 0.607. The summed E-state index contributed by atoms with van der Waals surface area (Å²) < 4.78 is 4.88. The Morgan fingerprint density at radius 2 is 1.79 bits per heavy atom. The Labute approximate surface area is 110 Å². The van der Waals surface area contributed by atoms with Gasteiger partial charge in [-0.2, -0.15) is 0 Å². The first-order valence-electron chi connectivity index (χ1n) is 4.32. The first-order valence-corrected chi connectivity index (χ1v) is 6.48. The third-order valence-corrected chi connectivity index (χ3v) is 5.76. The van der Waals surface area contributed by atoms with Gasteiger partial charge in [-0.1, -0.05) is 0 Å². The third-order valence-electron chi connectivity index (χ3n) is 2.32. The Bertz CT molecular complexity index is 515. The summed E-state index contributed by atoms with van der Waals surface area (Å²) in [5, 5.41) is 0. The van der Waals surface area contributed by atoms with Crippen molar-refractivity contribution in [2.45, 2.75) is 20.8 Å². The Hall–Kier alpha value is 0.150. The molecule has 0 spiro atoms. The molecular formula is C10H10I2N2. The fraction of sp³-hybridized carbons (Fsp3) is 0.300. The van der Waals surface area contributed by atoms with Gasteiger partial charge in [-0.3, -0.25) is 0 Å². The van der Waals surface area contributed by atoms with E-state index in [1.54, 1.807) is 0 Å². The van der Waals surface area contributed by atoms with Gasteiger partial charge in [0, 0.05) is 15.0 Å². The van der Waals surface area contributed by atoms with Gasteiger partial charge >= 0.3 is 0 Å². The van der Waals surface area contributed by atoms with E-state index in [1.807, 2.05) is 6.92 Å². The van der Waals surface area contributed by atoms with Crippen molar-refractivity contribution in [3.8, 4) is 0 Å². The SMILES string of the molecule is Cc1cc2c(I)c(I)c(C)n2c(C)n1. The Morgan fingerprint density at radius 3 is 2.43 bits per heavy atom. The topological polar surface area (TPSA) is 17.3 Å². The van der Waals surface area contributed by atoms with Gasteiger partial charge < -0.3 is 4.40 Å². The fourth-order valence-corrected chi connectivity index (χ4v) is 3.03. The minimum Gasteiger partial charge on any atom is -0.301 e. The second-order valence-electron chi connectivity index (χ2n) is 3.38. The lowest BCUT2D eigenvalue weighted by Crippen LogP contribution is -1.98. The van der Waals surface area contributed by atoms with Crippen LogP contribution in [0, 0.1) is 27.9 Å². The maximum absolute atomic E-state index is 4.47. The van der Waals surface area contributed by atoms with Crippen LogP contribution < -0.4 is 0 Å². The predicted octanol–water partition coefficient (Wildman–Crippen LogP) is 3.47. The van der Waals surface area contributed by atoms with Gasteiger partial charge in [-0.05, 0) is 72.0 Å². The second kappa shape index (κ2) is 3.62. The number of aryl methyl sites for hydroxylation is 3. The van der Waals surface area contributed by atoms with E-state index in [9.17, 15) is 0 Å². The van der Waals surface area contributed by atoms with E-state index < -0.39 is 0 Å². The van der Waals surface area contributed by atoms with E-state index in [2.05, 4.69) is 74.5 Å². The number of halogens is 2. The predicted molar refractivity (Wildman–Crippen MR) is 74.8 cm³/mol. The molecule has 2 heterocycles. The van der Waals surface area contributed by atoms with Crippen LogP contribution in [0.3, 0.4) is 0 Å². The highest BCUT2D eigenvalue weighted by molar-refractivity contribution is 14.1. The highest BCUT2D eigenvalue weighted by Crippen LogP contribution is 2.27. The highest BCUT2D eigenvalue weighted by atomic mass is 127. The minimum atomic E-state index is 1.07. The van der Waals surface area contributed by atoms with Crippen LogP contribution in [0.15, 0.2) is 6.07 Å². The molecule has 0 saturated heterocycles. The lowest BCUT2D eigenvalue weighted by molar-refractivity contribution is 0.935. The Balaban J connectivity index is 3.02. The molecule has 74 valence electrons. The van der Waals surface area contributed by atoms with Crippen molar-refractivity contribution in [1.82, 2.24) is 9.38 Å². The largest absolute Gasteiger partial charge is 0.301 e. The van der Waals surface area contributed by atoms with Gasteiger partial charge in [0.05, 0.1) is 9.09 Å². The lowest BCUT2D eigenvalue weighted by Gasteiger charge is -2.03. The maximum atomic E-state index is 4.47. The van der Waals surface area contributed by atoms with Crippen molar-refractivity contribution in [1.29, 1.82) is 0 Å². The van der Waals surface area contributed by atoms with E-state index in [1.165, 1.54) is 18.4 Å². The summed E-state index contributed by atoms with van der Waals surface area (Å²) in [5.74, 6) is 1.07. The number of fused-ring (bicyclic) bond motifs is 1. The van der Waals surface area contributed by atoms with Crippen molar-refractivity contribution in [3.05, 3.63) is 30.4 Å². The maximum Gasteiger partial charge on any atom is 0.110 e. The van der Waals surface area contributed by atoms with Gasteiger partial charge in [0.1, 0.15) is 5.82 Å². The standard InChI is InChI=1S/C10H10I2N2/c1-5-4-8-10(12)9(11)6(2)14(8)7(3)13-5/h4H,1-3H3. The lowest BCUT2D eigenvalue weighted by atomic mass is 10.4. The molecule has 0 saturated carbocycles. The van der Waals surface area contributed by atoms with Gasteiger partial charge in [0.15, 0.2) is 0 Å². The number of hydrogen-bond acceptors (Lipinski definition) is 1. The van der Waals surface area contributed by atoms with Gasteiger partial charge in [-0.25, -0.2) is 4.98 Å². The number of hydrogen-bond donors (Lipinski definition) is 0. The van der Waals surface area contributed by atoms with Crippen molar-refractivity contribution in [2.24, 2.45) is 0 Å². The Kier molecular flexibility index (Phi) is 2.76. The van der Waals surface area contributed by atoms with E-state index in [-0.39, 0.29) is 0 Å². The molecule has 0 N–H and O–H groups in total. The normalized spacial score (nSPS) is 11.2. The average molecular weight is 412 g/mol. The summed E-state index contributed by atoms with van der Waals surface area (Å²) in [7, 11) is 0. The molecule has 2 aromatic rings. The molecule has 0 fully saturated rings. The molecule has 0 radical (unpaired) electrons. The first-order chi connectivity index (χ1) is 6.52. The Morgan fingerprint density at radius 1 is 1.14 bits per heavy atom. The summed E-state index contributed by atoms with van der Waals surface area (Å²) in [6.45, 7) is 6.23. The molecule has 0 unspecified atom stereocenters. The smallest absolute Gasteiger partial charge is 0.110 e. The summed E-state index contributed by atoms with van der Waals surface area (Å²) in [5.41, 5.74) is 3.65. The van der Waals surface area contributed by atoms with Gasteiger partial charge in [0.25, 0.3) is 0 Å². The zero-order valence-corrected chi connectivity index (χ0v) is 12.5. The summed E-state index contributed by atoms with van der Waals surface area (Å²) >= 11 is 4.79. The number of aromatic nitrogens is 2. The number of rotatable bonds is 0. The van der Waals surface area contributed by atoms with Gasteiger partial charge in [0.2, 0.25) is 0 Å². The second-order valence-corrected chi connectivity index (χ2v) is 5.54. The van der Waals surface area contributed by atoms with Crippen molar-refractivity contribution >= 4 is 50.7 Å². The van der Waals surface area contributed by atoms with E-state index in [4.69, 9.17) is 0 Å². The average Bonchev–Trinajstić information content (AvgIpc) is 2.31. The van der Waals surface area contributed by atoms with Crippen LogP contribution >= 0.6 is 45.2 Å². The molecule has 0 aliphatic carbocycles. The van der Waals surface area contributed by atoms with Crippen molar-refractivity contribution in [2.75, 3.05) is 0 Å². The van der Waals surface area contributed by atoms with E-state index in [0.29, 0.717) is 0 Å². The molecule has 0 aromatic carbocycles. The summed E-state index contributed by atoms with van der Waals surface area (Å²) in [6, 6.07) is 2.14. The van der Waals surface area contributed by atoms with Crippen molar-refractivity contribution < 1.29 is 0 Å². The molecule has 0 atom stereocenters. The molecule has 2 aromatic heterocycles. The fourth-order valence-electron chi connectivity index (χ4n) is 1.73. The van der Waals surface area contributed by atoms with Crippen molar-refractivity contribution in [3.63, 3.8) is 0 Å². The molecule has 2 rings (SSSR count). The van der Waals surface area contributed by atoms with Crippen LogP contribution in [0.2, 0.25) is 0 Å². The van der Waals surface area contributed by atoms with Crippen LogP contribution in [0.1, 0.15) is 17.2 Å². The third kappa shape index (κ3) is 1.46. The molecular weight excluding hydrogens is 402 g/mol. The van der Waals surface area contributed by atoms with Crippen LogP contribution in [0.25, 0.3) is 5.52 Å². The van der Waals surface area contributed by atoms with Gasteiger partial charge in [-0.15, -0.1) is 0 Å². The zero-order chi connectivity index (χ0) is 10.5. The number of nitrogens with zero attached hydrogens (tertiary/aromatic N) is 2. The minimum absolute atomic E-state index is 1.07. The zero-order valence-electron chi connectivity index (χ0n) is 8.23. The molecule has 14 heavy (non-hydrogen) atoms. The van der Waals surface area contributed by atoms with Crippen LogP contribution in [-0.2, 0) is 0 Å². The summed E-state index contributed by atoms with van der Waals surface area (Å²) in [4.78, 5) is 4.47. The first kappa shape index (κ1) is 10.7. The van der Waals surface area contributed by atoms with Crippen LogP contribution in [-0.4, -0.2) is 9.38 Å². The molecule has 0 bridgehead atoms. The van der Waals surface area contributed by atoms with Crippen LogP contribution in [0.5, 0.6) is 0 Å². The van der Waals surface area contributed by atoms with E-state index >= 15 is 0 Å². The van der Waals surface area contributed by atoms with E-state index in [0.717, 1.165) is 11.5 Å². The molecule has 0 aliphatic heterocycles. The molecule has 4 heteroatoms. The van der Waals surface area contributed by atoms with Crippen LogP contribution in [0.4, 0.5) is 0 Å². The summed E-state index contributed by atoms with van der Waals surface area (Å²) in [6.07, 6.45) is 0. The molecule has 0 aliphatic rings. The molecule has 0 amide bonds. The molecule has 2 nitrogen and oxygen atoms in total. The monoisotopic (exact) mass is 412 g/mol. The highest BCUT2D eigenvalue weighted by Gasteiger charge is 2.12.